The SMILES string of the molecule is Nc1cc(Nc2nccc3nc(-c4c(Cl)cc(C(OC=O)OC=O)cc4Cl)sc23)ncn1. The van der Waals surface area contributed by atoms with Gasteiger partial charge in [0.05, 0.1) is 20.3 Å². The zero-order valence-corrected chi connectivity index (χ0v) is 18.2. The smallest absolute Gasteiger partial charge is 0.296 e. The van der Waals surface area contributed by atoms with E-state index in [0.717, 1.165) is 4.70 Å². The van der Waals surface area contributed by atoms with Crippen LogP contribution in [0.4, 0.5) is 17.5 Å². The Kier molecular flexibility index (Phi) is 6.30. The van der Waals surface area contributed by atoms with Crippen molar-refractivity contribution >= 4 is 75.2 Å². The van der Waals surface area contributed by atoms with Crippen LogP contribution in [-0.2, 0) is 19.1 Å². The predicted molar refractivity (Wildman–Crippen MR) is 120 cm³/mol. The molecule has 162 valence electrons. The van der Waals surface area contributed by atoms with Gasteiger partial charge in [-0.3, -0.25) is 9.59 Å². The van der Waals surface area contributed by atoms with Crippen molar-refractivity contribution < 1.29 is 19.1 Å². The number of ether oxygens (including phenoxy) is 2. The molecule has 0 saturated heterocycles. The number of hydrogen-bond acceptors (Lipinski definition) is 11. The van der Waals surface area contributed by atoms with Gasteiger partial charge in [-0.05, 0) is 18.2 Å². The fraction of sp³-hybridized carbons (Fsp3) is 0.0526. The van der Waals surface area contributed by atoms with Crippen LogP contribution >= 0.6 is 34.5 Å². The van der Waals surface area contributed by atoms with Crippen LogP contribution in [0.5, 0.6) is 0 Å². The first-order chi connectivity index (χ1) is 15.5. The molecule has 0 aliphatic rings. The van der Waals surface area contributed by atoms with Crippen LogP contribution in [0.1, 0.15) is 11.9 Å². The van der Waals surface area contributed by atoms with E-state index in [2.05, 4.69) is 25.3 Å². The molecule has 0 aliphatic carbocycles. The number of hydrogen-bond donors (Lipinski definition) is 2. The molecule has 0 fully saturated rings. The molecule has 4 rings (SSSR count). The number of halogens is 2. The number of nitrogens with one attached hydrogen (secondary N) is 1. The van der Waals surface area contributed by atoms with Crippen molar-refractivity contribution in [3.05, 3.63) is 52.4 Å². The van der Waals surface area contributed by atoms with E-state index in [9.17, 15) is 9.59 Å². The standard InChI is InChI=1S/C19H12Cl2N6O4S/c20-10-3-9(19(30-7-28)31-8-29)4-11(21)15(10)18-26-12-1-2-23-17(16(12)32-18)27-14-5-13(22)24-6-25-14/h1-8,19H,(H3,22,23,24,25,27). The number of nitrogen functional groups attached to an aromatic ring is 1. The van der Waals surface area contributed by atoms with Crippen LogP contribution in [0.2, 0.25) is 10.0 Å². The van der Waals surface area contributed by atoms with Crippen molar-refractivity contribution in [2.24, 2.45) is 0 Å². The molecular formula is C19H12Cl2N6O4S. The number of carbonyl (C=O) groups excluding carboxylic acids is 2. The van der Waals surface area contributed by atoms with Crippen molar-refractivity contribution in [1.29, 1.82) is 0 Å². The van der Waals surface area contributed by atoms with Crippen molar-refractivity contribution in [3.8, 4) is 10.6 Å². The third-order valence-electron chi connectivity index (χ3n) is 4.15. The van der Waals surface area contributed by atoms with E-state index in [-0.39, 0.29) is 28.6 Å². The first-order valence-corrected chi connectivity index (χ1v) is 10.3. The largest absolute Gasteiger partial charge is 0.423 e. The Labute approximate surface area is 194 Å². The zero-order chi connectivity index (χ0) is 22.7. The van der Waals surface area contributed by atoms with E-state index >= 15 is 0 Å². The first kappa shape index (κ1) is 21.7. The summed E-state index contributed by atoms with van der Waals surface area (Å²) in [6, 6.07) is 6.28. The van der Waals surface area contributed by atoms with Gasteiger partial charge >= 0.3 is 0 Å². The summed E-state index contributed by atoms with van der Waals surface area (Å²) in [5, 5.41) is 4.09. The molecule has 3 N–H and O–H groups in total. The summed E-state index contributed by atoms with van der Waals surface area (Å²) in [5.41, 5.74) is 7.11. The van der Waals surface area contributed by atoms with E-state index in [1.807, 2.05) is 0 Å². The molecule has 0 atom stereocenters. The van der Waals surface area contributed by atoms with Gasteiger partial charge in [0.15, 0.2) is 5.82 Å². The third kappa shape index (κ3) is 4.40. The van der Waals surface area contributed by atoms with Crippen LogP contribution in [0, 0.1) is 0 Å². The van der Waals surface area contributed by atoms with Crippen LogP contribution in [0.25, 0.3) is 20.8 Å². The lowest BCUT2D eigenvalue weighted by Gasteiger charge is -2.15. The Bertz CT molecular complexity index is 1290. The number of benzene rings is 1. The molecule has 0 bridgehead atoms. The molecule has 3 aromatic heterocycles. The molecule has 0 amide bonds. The average molecular weight is 491 g/mol. The minimum absolute atomic E-state index is 0.157. The van der Waals surface area contributed by atoms with Gasteiger partial charge in [0.2, 0.25) is 0 Å². The fourth-order valence-electron chi connectivity index (χ4n) is 2.84. The summed E-state index contributed by atoms with van der Waals surface area (Å²) in [5.74, 6) is 1.31. The molecule has 0 spiro atoms. The summed E-state index contributed by atoms with van der Waals surface area (Å²) in [4.78, 5) is 38.3. The number of carbonyl (C=O) groups is 2. The highest BCUT2D eigenvalue weighted by Crippen LogP contribution is 2.42. The van der Waals surface area contributed by atoms with Crippen molar-refractivity contribution in [2.75, 3.05) is 11.1 Å². The molecule has 0 unspecified atom stereocenters. The van der Waals surface area contributed by atoms with E-state index in [1.165, 1.54) is 29.8 Å². The number of rotatable bonds is 8. The summed E-state index contributed by atoms with van der Waals surface area (Å²) in [6.07, 6.45) is 1.67. The van der Waals surface area contributed by atoms with Gasteiger partial charge in [-0.1, -0.05) is 23.2 Å². The van der Waals surface area contributed by atoms with Crippen LogP contribution < -0.4 is 11.1 Å². The number of nitrogens with two attached hydrogens (primary N) is 1. The summed E-state index contributed by atoms with van der Waals surface area (Å²) in [6.45, 7) is 0.314. The lowest BCUT2D eigenvalue weighted by atomic mass is 10.1. The molecule has 3 heterocycles. The fourth-order valence-corrected chi connectivity index (χ4v) is 4.71. The van der Waals surface area contributed by atoms with Gasteiger partial charge < -0.3 is 20.5 Å². The monoisotopic (exact) mass is 490 g/mol. The molecule has 0 saturated carbocycles. The van der Waals surface area contributed by atoms with Gasteiger partial charge in [0.1, 0.15) is 23.0 Å². The first-order valence-electron chi connectivity index (χ1n) is 8.77. The van der Waals surface area contributed by atoms with Crippen molar-refractivity contribution in [2.45, 2.75) is 6.29 Å². The van der Waals surface area contributed by atoms with Crippen LogP contribution in [0.15, 0.2) is 36.8 Å². The van der Waals surface area contributed by atoms with Crippen LogP contribution in [0.3, 0.4) is 0 Å². The highest BCUT2D eigenvalue weighted by atomic mass is 35.5. The van der Waals surface area contributed by atoms with E-state index in [1.54, 1.807) is 18.3 Å². The maximum Gasteiger partial charge on any atom is 0.296 e. The Morgan fingerprint density at radius 2 is 1.78 bits per heavy atom. The third-order valence-corrected chi connectivity index (χ3v) is 5.84. The predicted octanol–water partition coefficient (Wildman–Crippen LogP) is 4.13. The maximum atomic E-state index is 10.7. The second-order valence-corrected chi connectivity index (χ2v) is 7.95. The highest BCUT2D eigenvalue weighted by molar-refractivity contribution is 7.22. The second-order valence-electron chi connectivity index (χ2n) is 6.14. The number of nitrogens with zero attached hydrogens (tertiary/aromatic N) is 4. The van der Waals surface area contributed by atoms with Gasteiger partial charge in [0.25, 0.3) is 19.2 Å². The number of pyridine rings is 1. The summed E-state index contributed by atoms with van der Waals surface area (Å²) in [7, 11) is 0. The van der Waals surface area contributed by atoms with E-state index < -0.39 is 6.29 Å². The topological polar surface area (TPSA) is 142 Å². The number of fused-ring (bicyclic) bond motifs is 1. The quantitative estimate of drug-likeness (QED) is 0.273. The minimum atomic E-state index is -1.27. The average Bonchev–Trinajstić information content (AvgIpc) is 3.18. The molecular weight excluding hydrogens is 479 g/mol. The summed E-state index contributed by atoms with van der Waals surface area (Å²) >= 11 is 14.2. The minimum Gasteiger partial charge on any atom is -0.423 e. The van der Waals surface area contributed by atoms with Gasteiger partial charge in [-0.15, -0.1) is 11.3 Å². The van der Waals surface area contributed by atoms with E-state index in [4.69, 9.17) is 38.4 Å². The van der Waals surface area contributed by atoms with Crippen molar-refractivity contribution in [1.82, 2.24) is 19.9 Å². The van der Waals surface area contributed by atoms with Crippen LogP contribution in [-0.4, -0.2) is 32.9 Å². The summed E-state index contributed by atoms with van der Waals surface area (Å²) < 4.78 is 10.2. The van der Waals surface area contributed by atoms with Gasteiger partial charge in [-0.2, -0.15) is 0 Å². The highest BCUT2D eigenvalue weighted by Gasteiger charge is 2.21. The molecule has 10 nitrogen and oxygen atoms in total. The maximum absolute atomic E-state index is 10.7. The number of anilines is 3. The molecule has 13 heteroatoms. The Morgan fingerprint density at radius 3 is 2.44 bits per heavy atom. The molecule has 32 heavy (non-hydrogen) atoms. The number of thiazole rings is 1. The molecule has 1 aromatic carbocycles. The van der Waals surface area contributed by atoms with Gasteiger partial charge in [-0.25, -0.2) is 19.9 Å². The number of aromatic nitrogens is 4. The zero-order valence-electron chi connectivity index (χ0n) is 15.9. The normalized spacial score (nSPS) is 10.8. The molecule has 0 radical (unpaired) electrons. The lowest BCUT2D eigenvalue weighted by Crippen LogP contribution is -2.07. The van der Waals surface area contributed by atoms with E-state index in [0.29, 0.717) is 33.5 Å². The Hall–Kier alpha value is -3.54. The van der Waals surface area contributed by atoms with Gasteiger partial charge in [0, 0.05) is 23.4 Å². The Morgan fingerprint density at radius 1 is 1.06 bits per heavy atom. The van der Waals surface area contributed by atoms with Crippen molar-refractivity contribution in [3.63, 3.8) is 0 Å². The lowest BCUT2D eigenvalue weighted by molar-refractivity contribution is -0.170. The second kappa shape index (κ2) is 9.30. The Balaban J connectivity index is 1.74. The molecule has 4 aromatic rings. The molecule has 0 aliphatic heterocycles.